The zero-order chi connectivity index (χ0) is 31.3. The fourth-order valence-electron chi connectivity index (χ4n) is 8.10. The van der Waals surface area contributed by atoms with E-state index in [2.05, 4.69) is 33.8 Å². The molecule has 2 heterocycles. The van der Waals surface area contributed by atoms with Gasteiger partial charge in [0.1, 0.15) is 36.6 Å². The van der Waals surface area contributed by atoms with Crippen molar-refractivity contribution in [3.63, 3.8) is 0 Å². The quantitative estimate of drug-likeness (QED) is 0.157. The van der Waals surface area contributed by atoms with E-state index in [1.807, 2.05) is 6.92 Å². The number of allylic oxidation sites excluding steroid dienone is 2. The first-order chi connectivity index (χ1) is 20.3. The Morgan fingerprint density at radius 1 is 1.05 bits per heavy atom. The maximum atomic E-state index is 12.1. The topological polar surface area (TPSA) is 140 Å². The number of rotatable bonds is 11. The Morgan fingerprint density at radius 2 is 1.77 bits per heavy atom. The highest BCUT2D eigenvalue weighted by Gasteiger charge is 2.53. The molecule has 0 amide bonds. The van der Waals surface area contributed by atoms with Crippen molar-refractivity contribution in [2.45, 2.75) is 122 Å². The number of fused-ring (bicyclic) bond motifs is 2. The lowest BCUT2D eigenvalue weighted by molar-refractivity contribution is -0.329. The van der Waals surface area contributed by atoms with E-state index < -0.39 is 48.7 Å². The van der Waals surface area contributed by atoms with Crippen LogP contribution in [-0.2, 0) is 28.4 Å². The molecule has 0 radical (unpaired) electrons. The van der Waals surface area contributed by atoms with Crippen molar-refractivity contribution in [2.24, 2.45) is 29.1 Å². The molecule has 246 valence electrons. The van der Waals surface area contributed by atoms with Crippen LogP contribution in [0.3, 0.4) is 0 Å². The molecule has 10 heteroatoms. The molecule has 3 aliphatic carbocycles. The number of methoxy groups -OCH3 is 1. The van der Waals surface area contributed by atoms with Crippen LogP contribution in [-0.4, -0.2) is 109 Å². The van der Waals surface area contributed by atoms with E-state index in [-0.39, 0.29) is 35.9 Å². The first kappa shape index (κ1) is 33.4. The minimum absolute atomic E-state index is 0.114. The van der Waals surface area contributed by atoms with Gasteiger partial charge in [-0.2, -0.15) is 0 Å². The minimum atomic E-state index is -1.53. The van der Waals surface area contributed by atoms with Crippen molar-refractivity contribution in [1.82, 2.24) is 0 Å². The third kappa shape index (κ3) is 6.39. The molecule has 4 N–H and O–H groups in total. The second-order valence-electron chi connectivity index (χ2n) is 14.0. The van der Waals surface area contributed by atoms with Crippen molar-refractivity contribution in [2.75, 3.05) is 33.5 Å². The molecule has 13 atom stereocenters. The third-order valence-corrected chi connectivity index (χ3v) is 10.8. The summed E-state index contributed by atoms with van der Waals surface area (Å²) in [5, 5.41) is 44.9. The van der Waals surface area contributed by atoms with Crippen LogP contribution >= 0.6 is 0 Å². The summed E-state index contributed by atoms with van der Waals surface area (Å²) in [5.74, 6) is -0.398. The van der Waals surface area contributed by atoms with Crippen molar-refractivity contribution >= 4 is 0 Å². The number of epoxide rings is 1. The van der Waals surface area contributed by atoms with E-state index in [4.69, 9.17) is 28.4 Å². The monoisotopic (exact) mass is 610 g/mol. The van der Waals surface area contributed by atoms with E-state index in [1.165, 1.54) is 11.1 Å². The summed E-state index contributed by atoms with van der Waals surface area (Å²) in [5.41, 5.74) is 3.31. The number of hydrogen-bond acceptors (Lipinski definition) is 10. The molecule has 1 saturated carbocycles. The molecule has 5 aliphatic rings. The highest BCUT2D eigenvalue weighted by Crippen LogP contribution is 2.55. The molecule has 5 rings (SSSR count). The Labute approximate surface area is 256 Å². The van der Waals surface area contributed by atoms with Gasteiger partial charge in [0.2, 0.25) is 0 Å². The highest BCUT2D eigenvalue weighted by atomic mass is 16.8. The van der Waals surface area contributed by atoms with Gasteiger partial charge in [0.15, 0.2) is 12.1 Å². The summed E-state index contributed by atoms with van der Waals surface area (Å²) in [7, 11) is 1.74. The Balaban J connectivity index is 1.45. The number of ether oxygens (including phenoxy) is 6. The van der Waals surface area contributed by atoms with Crippen molar-refractivity contribution < 1.29 is 48.8 Å². The van der Waals surface area contributed by atoms with Gasteiger partial charge >= 0.3 is 0 Å². The third-order valence-electron chi connectivity index (χ3n) is 10.8. The highest BCUT2D eigenvalue weighted by molar-refractivity contribution is 5.41. The first-order valence-electron chi connectivity index (χ1n) is 16.2. The zero-order valence-electron chi connectivity index (χ0n) is 26.9. The largest absolute Gasteiger partial charge is 0.390 e. The van der Waals surface area contributed by atoms with Crippen molar-refractivity contribution in [3.8, 4) is 0 Å². The molecule has 0 aromatic rings. The Bertz CT molecular complexity index is 1040. The van der Waals surface area contributed by atoms with E-state index >= 15 is 0 Å². The first-order valence-corrected chi connectivity index (χ1v) is 16.2. The summed E-state index contributed by atoms with van der Waals surface area (Å²) in [6.07, 6.45) is -2.45. The molecule has 3 fully saturated rings. The number of hydrogen-bond donors (Lipinski definition) is 4. The van der Waals surface area contributed by atoms with Crippen LogP contribution in [0, 0.1) is 29.1 Å². The van der Waals surface area contributed by atoms with Gasteiger partial charge in [-0.1, -0.05) is 44.9 Å². The maximum Gasteiger partial charge on any atom is 0.194 e. The molecule has 0 bridgehead atoms. The van der Waals surface area contributed by atoms with Gasteiger partial charge in [-0.15, -0.1) is 0 Å². The van der Waals surface area contributed by atoms with Gasteiger partial charge in [-0.3, -0.25) is 0 Å². The summed E-state index contributed by atoms with van der Waals surface area (Å²) in [4.78, 5) is 0. The zero-order valence-corrected chi connectivity index (χ0v) is 26.9. The molecule has 43 heavy (non-hydrogen) atoms. The SMILES string of the molecule is CCOC(C)(OC[C@H]1O[C@H](O[C@@H]2C3=C(C(C)C)CCC3(C)/C=C3/[C@@H](COC)CC[C@H]3[C@@H](C)[C@H]2O)C(O)C(O)C1O)C1CO1. The summed E-state index contributed by atoms with van der Waals surface area (Å²) in [6, 6.07) is 0. The second-order valence-corrected chi connectivity index (χ2v) is 14.0. The lowest BCUT2D eigenvalue weighted by Gasteiger charge is -2.46. The molecular weight excluding hydrogens is 556 g/mol. The van der Waals surface area contributed by atoms with E-state index in [1.54, 1.807) is 14.0 Å². The van der Waals surface area contributed by atoms with Crippen LogP contribution < -0.4 is 0 Å². The second kappa shape index (κ2) is 13.1. The van der Waals surface area contributed by atoms with Crippen LogP contribution in [0.4, 0.5) is 0 Å². The minimum Gasteiger partial charge on any atom is -0.390 e. The van der Waals surface area contributed by atoms with Crippen LogP contribution in [0.5, 0.6) is 0 Å². The van der Waals surface area contributed by atoms with E-state index in [0.29, 0.717) is 25.7 Å². The molecule has 10 nitrogen and oxygen atoms in total. The summed E-state index contributed by atoms with van der Waals surface area (Å²) >= 11 is 0. The van der Waals surface area contributed by atoms with Gasteiger partial charge in [-0.05, 0) is 62.9 Å². The van der Waals surface area contributed by atoms with Gasteiger partial charge in [0.25, 0.3) is 0 Å². The lowest BCUT2D eigenvalue weighted by Crippen LogP contribution is -2.61. The lowest BCUT2D eigenvalue weighted by atomic mass is 9.68. The van der Waals surface area contributed by atoms with E-state index in [9.17, 15) is 20.4 Å². The molecule has 2 saturated heterocycles. The molecule has 6 unspecified atom stereocenters. The fourth-order valence-corrected chi connectivity index (χ4v) is 8.10. The molecule has 0 spiro atoms. The predicted octanol–water partition coefficient (Wildman–Crippen LogP) is 2.71. The van der Waals surface area contributed by atoms with Crippen molar-refractivity contribution in [3.05, 3.63) is 22.8 Å². The van der Waals surface area contributed by atoms with Crippen molar-refractivity contribution in [1.29, 1.82) is 0 Å². The normalized spacial score (nSPS) is 45.7. The van der Waals surface area contributed by atoms with Gasteiger partial charge < -0.3 is 48.8 Å². The average Bonchev–Trinajstić information content (AvgIpc) is 3.69. The molecule has 0 aromatic carbocycles. The maximum absolute atomic E-state index is 12.1. The molecule has 2 aliphatic heterocycles. The summed E-state index contributed by atoms with van der Waals surface area (Å²) in [6.45, 7) is 13.7. The van der Waals surface area contributed by atoms with E-state index in [0.717, 1.165) is 31.3 Å². The Hall–Kier alpha value is -0.920. The number of aliphatic hydroxyl groups is 4. The predicted molar refractivity (Wildman–Crippen MR) is 158 cm³/mol. The Morgan fingerprint density at radius 3 is 2.40 bits per heavy atom. The molecular formula is C33H54O10. The van der Waals surface area contributed by atoms with Crippen LogP contribution in [0.1, 0.15) is 67.2 Å². The summed E-state index contributed by atoms with van der Waals surface area (Å²) < 4.78 is 35.6. The standard InChI is InChI=1S/C33H54O10/c1-8-40-33(6,24-16-39-24)41-15-23-27(35)28(36)29(37)31(42-23)43-30-25-20(17(2)3)11-12-32(25,5)13-22-19(14-38-7)9-10-21(22)18(4)26(30)34/h13,17-19,21,23-24,26-31,34-37H,8-12,14-16H2,1-7H3/b22-13-/t18-,19-,21+,23-,24?,26-,27?,28?,29?,30-,31-,32?,33?/m1/s1. The molecule has 0 aromatic heterocycles. The van der Waals surface area contributed by atoms with Crippen LogP contribution in [0.2, 0.25) is 0 Å². The van der Waals surface area contributed by atoms with Crippen LogP contribution in [0.15, 0.2) is 22.8 Å². The Kier molecular flexibility index (Phi) is 10.2. The van der Waals surface area contributed by atoms with Gasteiger partial charge in [0, 0.05) is 25.0 Å². The van der Waals surface area contributed by atoms with Crippen LogP contribution in [0.25, 0.3) is 0 Å². The smallest absolute Gasteiger partial charge is 0.194 e. The fraction of sp³-hybridized carbons (Fsp3) is 0.879. The van der Waals surface area contributed by atoms with Gasteiger partial charge in [-0.25, -0.2) is 0 Å². The van der Waals surface area contributed by atoms with Gasteiger partial charge in [0.05, 0.1) is 25.9 Å². The average molecular weight is 611 g/mol. The number of aliphatic hydroxyl groups excluding tert-OH is 4.